The summed E-state index contributed by atoms with van der Waals surface area (Å²) in [5, 5.41) is 26.3. The molecule has 0 saturated heterocycles. The van der Waals surface area contributed by atoms with E-state index in [0.717, 1.165) is 23.9 Å². The van der Waals surface area contributed by atoms with Crippen molar-refractivity contribution in [1.82, 2.24) is 0 Å². The lowest BCUT2D eigenvalue weighted by atomic mass is 10.1. The van der Waals surface area contributed by atoms with Crippen molar-refractivity contribution < 1.29 is 23.4 Å². The molecule has 98 valence electrons. The van der Waals surface area contributed by atoms with Crippen LogP contribution in [0.3, 0.4) is 0 Å². The minimum Gasteiger partial charge on any atom is -0.394 e. The molecule has 0 heterocycles. The van der Waals surface area contributed by atoms with Crippen LogP contribution in [0.1, 0.15) is 11.1 Å². The summed E-state index contributed by atoms with van der Waals surface area (Å²) in [6.07, 6.45) is -5.57. The highest BCUT2D eigenvalue weighted by atomic mass is 32.2. The zero-order valence-corrected chi connectivity index (χ0v) is 9.92. The first-order chi connectivity index (χ1) is 8.38. The molecule has 0 amide bonds. The van der Waals surface area contributed by atoms with Gasteiger partial charge in [-0.2, -0.15) is 18.4 Å². The third-order valence-corrected chi connectivity index (χ3v) is 3.21. The van der Waals surface area contributed by atoms with Crippen molar-refractivity contribution in [1.29, 1.82) is 5.26 Å². The van der Waals surface area contributed by atoms with Crippen LogP contribution in [0.15, 0.2) is 23.1 Å². The number of nitriles is 1. The molecule has 7 heteroatoms. The van der Waals surface area contributed by atoms with E-state index in [9.17, 15) is 13.2 Å². The van der Waals surface area contributed by atoms with E-state index in [-0.39, 0.29) is 10.6 Å². The van der Waals surface area contributed by atoms with Crippen molar-refractivity contribution in [3.8, 4) is 6.07 Å². The van der Waals surface area contributed by atoms with Gasteiger partial charge in [0, 0.05) is 10.6 Å². The highest BCUT2D eigenvalue weighted by molar-refractivity contribution is 7.99. The van der Waals surface area contributed by atoms with Crippen LogP contribution >= 0.6 is 11.8 Å². The monoisotopic (exact) mass is 277 g/mol. The molecule has 2 N–H and O–H groups in total. The Kier molecular flexibility index (Phi) is 5.02. The van der Waals surface area contributed by atoms with Gasteiger partial charge in [-0.3, -0.25) is 0 Å². The fraction of sp³-hybridized carbons (Fsp3) is 0.364. The minimum absolute atomic E-state index is 0.0830. The summed E-state index contributed by atoms with van der Waals surface area (Å²) in [5.74, 6) is 0.0830. The standard InChI is InChI=1S/C11H10F3NO2S/c12-11(13,14)10-3-9(2-1-7(10)4-15)18-6-8(17)5-16/h1-3,8,16-17H,5-6H2. The number of hydrogen-bond acceptors (Lipinski definition) is 4. The first-order valence-electron chi connectivity index (χ1n) is 4.91. The molecule has 0 radical (unpaired) electrons. The Hall–Kier alpha value is -1.23. The highest BCUT2D eigenvalue weighted by Gasteiger charge is 2.33. The molecule has 0 spiro atoms. The Labute approximate surface area is 106 Å². The van der Waals surface area contributed by atoms with Gasteiger partial charge in [-0.1, -0.05) is 0 Å². The van der Waals surface area contributed by atoms with Crippen LogP contribution < -0.4 is 0 Å². The fourth-order valence-corrected chi connectivity index (χ4v) is 2.05. The molecular weight excluding hydrogens is 267 g/mol. The Morgan fingerprint density at radius 1 is 1.39 bits per heavy atom. The normalized spacial score (nSPS) is 13.1. The number of alkyl halides is 3. The van der Waals surface area contributed by atoms with Crippen molar-refractivity contribution in [3.63, 3.8) is 0 Å². The van der Waals surface area contributed by atoms with Gasteiger partial charge in [0.15, 0.2) is 0 Å². The van der Waals surface area contributed by atoms with Gasteiger partial charge in [-0.15, -0.1) is 11.8 Å². The number of rotatable bonds is 4. The number of aliphatic hydroxyl groups excluding tert-OH is 2. The molecule has 1 atom stereocenters. The summed E-state index contributed by atoms with van der Waals surface area (Å²) in [7, 11) is 0. The smallest absolute Gasteiger partial charge is 0.394 e. The van der Waals surface area contributed by atoms with Crippen molar-refractivity contribution in [2.24, 2.45) is 0 Å². The van der Waals surface area contributed by atoms with Crippen LogP contribution in [0.25, 0.3) is 0 Å². The van der Waals surface area contributed by atoms with Crippen molar-refractivity contribution in [3.05, 3.63) is 29.3 Å². The molecule has 0 fully saturated rings. The first-order valence-corrected chi connectivity index (χ1v) is 5.90. The van der Waals surface area contributed by atoms with Crippen LogP contribution in [0.2, 0.25) is 0 Å². The van der Waals surface area contributed by atoms with E-state index in [1.807, 2.05) is 0 Å². The molecule has 0 bridgehead atoms. The fourth-order valence-electron chi connectivity index (χ4n) is 1.19. The van der Waals surface area contributed by atoms with E-state index < -0.39 is 30.0 Å². The highest BCUT2D eigenvalue weighted by Crippen LogP contribution is 2.34. The van der Waals surface area contributed by atoms with Crippen molar-refractivity contribution in [2.45, 2.75) is 17.2 Å². The average Bonchev–Trinajstić information content (AvgIpc) is 2.34. The van der Waals surface area contributed by atoms with E-state index in [0.29, 0.717) is 0 Å². The molecule has 0 aliphatic rings. The number of benzene rings is 1. The third kappa shape index (κ3) is 3.91. The van der Waals surface area contributed by atoms with Gasteiger partial charge in [0.1, 0.15) is 0 Å². The molecule has 3 nitrogen and oxygen atoms in total. The van der Waals surface area contributed by atoms with Crippen molar-refractivity contribution >= 4 is 11.8 Å². The number of halogens is 3. The number of thioether (sulfide) groups is 1. The Morgan fingerprint density at radius 3 is 2.56 bits per heavy atom. The number of aliphatic hydroxyl groups is 2. The van der Waals surface area contributed by atoms with Crippen LogP contribution in [0, 0.1) is 11.3 Å². The zero-order chi connectivity index (χ0) is 13.8. The van der Waals surface area contributed by atoms with Crippen LogP contribution in [0.4, 0.5) is 13.2 Å². The molecule has 1 unspecified atom stereocenters. The van der Waals surface area contributed by atoms with E-state index in [1.165, 1.54) is 12.1 Å². The van der Waals surface area contributed by atoms with Crippen LogP contribution in [-0.4, -0.2) is 28.7 Å². The van der Waals surface area contributed by atoms with E-state index in [4.69, 9.17) is 15.5 Å². The maximum Gasteiger partial charge on any atom is 0.417 e. The number of hydrogen-bond donors (Lipinski definition) is 2. The predicted molar refractivity (Wildman–Crippen MR) is 60.0 cm³/mol. The zero-order valence-electron chi connectivity index (χ0n) is 9.11. The molecule has 1 rings (SSSR count). The topological polar surface area (TPSA) is 64.2 Å². The second kappa shape index (κ2) is 6.09. The quantitative estimate of drug-likeness (QED) is 0.826. The van der Waals surface area contributed by atoms with Crippen LogP contribution in [-0.2, 0) is 6.18 Å². The molecule has 0 aliphatic carbocycles. The molecule has 0 saturated carbocycles. The summed E-state index contributed by atoms with van der Waals surface area (Å²) in [5.41, 5.74) is -1.43. The largest absolute Gasteiger partial charge is 0.417 e. The maximum absolute atomic E-state index is 12.6. The first kappa shape index (κ1) is 14.8. The number of nitrogens with zero attached hydrogens (tertiary/aromatic N) is 1. The second-order valence-electron chi connectivity index (χ2n) is 3.46. The van der Waals surface area contributed by atoms with E-state index in [1.54, 1.807) is 0 Å². The molecular formula is C11H10F3NO2S. The van der Waals surface area contributed by atoms with Gasteiger partial charge in [0.25, 0.3) is 0 Å². The average molecular weight is 277 g/mol. The maximum atomic E-state index is 12.6. The van der Waals surface area contributed by atoms with Gasteiger partial charge in [0.2, 0.25) is 0 Å². The lowest BCUT2D eigenvalue weighted by Crippen LogP contribution is -2.14. The summed E-state index contributed by atoms with van der Waals surface area (Å²) in [6, 6.07) is 4.83. The Morgan fingerprint density at radius 2 is 2.06 bits per heavy atom. The summed E-state index contributed by atoms with van der Waals surface area (Å²) >= 11 is 0.983. The van der Waals surface area contributed by atoms with E-state index in [2.05, 4.69) is 0 Å². The van der Waals surface area contributed by atoms with E-state index >= 15 is 0 Å². The Balaban J connectivity index is 2.94. The van der Waals surface area contributed by atoms with Gasteiger partial charge < -0.3 is 10.2 Å². The van der Waals surface area contributed by atoms with Crippen LogP contribution in [0.5, 0.6) is 0 Å². The van der Waals surface area contributed by atoms with Gasteiger partial charge >= 0.3 is 6.18 Å². The predicted octanol–water partition coefficient (Wildman–Crippen LogP) is 2.02. The van der Waals surface area contributed by atoms with Crippen molar-refractivity contribution in [2.75, 3.05) is 12.4 Å². The summed E-state index contributed by atoms with van der Waals surface area (Å²) in [4.78, 5) is 0.286. The van der Waals surface area contributed by atoms with Gasteiger partial charge in [0.05, 0.1) is 29.9 Å². The molecule has 18 heavy (non-hydrogen) atoms. The molecule has 0 aliphatic heterocycles. The molecule has 1 aromatic carbocycles. The van der Waals surface area contributed by atoms with Gasteiger partial charge in [-0.05, 0) is 18.2 Å². The molecule has 0 aromatic heterocycles. The SMILES string of the molecule is N#Cc1ccc(SCC(O)CO)cc1C(F)(F)F. The summed E-state index contributed by atoms with van der Waals surface area (Å²) < 4.78 is 37.9. The minimum atomic E-state index is -4.59. The third-order valence-electron chi connectivity index (χ3n) is 2.07. The summed E-state index contributed by atoms with van der Waals surface area (Å²) in [6.45, 7) is -0.449. The lowest BCUT2D eigenvalue weighted by molar-refractivity contribution is -0.137. The second-order valence-corrected chi connectivity index (χ2v) is 4.56. The van der Waals surface area contributed by atoms with Gasteiger partial charge in [-0.25, -0.2) is 0 Å². The molecule has 1 aromatic rings. The lowest BCUT2D eigenvalue weighted by Gasteiger charge is -2.11. The Bertz CT molecular complexity index is 457.